The van der Waals surface area contributed by atoms with Crippen LogP contribution in [0.3, 0.4) is 0 Å². The van der Waals surface area contributed by atoms with Crippen LogP contribution in [0.25, 0.3) is 0 Å². The molecule has 4 nitrogen and oxygen atoms in total. The van der Waals surface area contributed by atoms with Gasteiger partial charge in [0.2, 0.25) is 5.88 Å². The number of nitrogens with zero attached hydrogens (tertiary/aromatic N) is 2. The zero-order valence-corrected chi connectivity index (χ0v) is 12.3. The van der Waals surface area contributed by atoms with Gasteiger partial charge in [-0.15, -0.1) is 0 Å². The summed E-state index contributed by atoms with van der Waals surface area (Å²) in [5.74, 6) is 0.155. The zero-order chi connectivity index (χ0) is 15.5. The summed E-state index contributed by atoms with van der Waals surface area (Å²) < 4.78 is 18.0. The molecule has 5 heteroatoms. The maximum Gasteiger partial charge on any atom is 0.255 e. The summed E-state index contributed by atoms with van der Waals surface area (Å²) in [4.78, 5) is 18.6. The van der Waals surface area contributed by atoms with Gasteiger partial charge >= 0.3 is 0 Å². The first-order valence-corrected chi connectivity index (χ1v) is 7.23. The minimum absolute atomic E-state index is 0.0537. The number of methoxy groups -OCH3 is 1. The van der Waals surface area contributed by atoms with E-state index in [9.17, 15) is 9.18 Å². The maximum atomic E-state index is 13.0. The number of amides is 1. The molecule has 22 heavy (non-hydrogen) atoms. The fourth-order valence-corrected chi connectivity index (χ4v) is 2.33. The van der Waals surface area contributed by atoms with Crippen molar-refractivity contribution >= 4 is 5.91 Å². The molecule has 0 radical (unpaired) electrons. The normalized spacial score (nSPS) is 13.7. The molecule has 0 atom stereocenters. The van der Waals surface area contributed by atoms with Gasteiger partial charge in [0.25, 0.3) is 5.91 Å². The maximum absolute atomic E-state index is 13.0. The van der Waals surface area contributed by atoms with Crippen LogP contribution in [0, 0.1) is 5.82 Å². The molecule has 1 aromatic heterocycles. The van der Waals surface area contributed by atoms with Crippen molar-refractivity contribution in [3.63, 3.8) is 0 Å². The van der Waals surface area contributed by atoms with Gasteiger partial charge in [-0.05, 0) is 36.6 Å². The van der Waals surface area contributed by atoms with Crippen molar-refractivity contribution in [2.45, 2.75) is 25.4 Å². The monoisotopic (exact) mass is 300 g/mol. The number of hydrogen-bond donors (Lipinski definition) is 0. The summed E-state index contributed by atoms with van der Waals surface area (Å²) in [5.41, 5.74) is 1.46. The van der Waals surface area contributed by atoms with Gasteiger partial charge in [-0.3, -0.25) is 4.79 Å². The van der Waals surface area contributed by atoms with Crippen LogP contribution in [0.15, 0.2) is 42.6 Å². The molecule has 3 rings (SSSR count). The molecule has 0 saturated heterocycles. The Bertz CT molecular complexity index is 651. The summed E-state index contributed by atoms with van der Waals surface area (Å²) in [6.07, 6.45) is 3.55. The fraction of sp³-hybridized carbons (Fsp3) is 0.294. The molecule has 1 aliphatic rings. The number of pyridine rings is 1. The topological polar surface area (TPSA) is 42.4 Å². The lowest BCUT2D eigenvalue weighted by atomic mass is 10.1. The lowest BCUT2D eigenvalue weighted by molar-refractivity contribution is 0.0729. The van der Waals surface area contributed by atoms with E-state index in [2.05, 4.69) is 4.98 Å². The number of benzene rings is 1. The third-order valence-corrected chi connectivity index (χ3v) is 3.71. The van der Waals surface area contributed by atoms with Crippen LogP contribution >= 0.6 is 0 Å². The number of halogens is 1. The predicted molar refractivity (Wildman–Crippen MR) is 80.1 cm³/mol. The first-order valence-electron chi connectivity index (χ1n) is 7.23. The lowest BCUT2D eigenvalue weighted by Gasteiger charge is -2.22. The third kappa shape index (κ3) is 3.24. The Morgan fingerprint density at radius 1 is 1.27 bits per heavy atom. The molecule has 0 N–H and O–H groups in total. The Labute approximate surface area is 128 Å². The molecule has 2 aromatic rings. The van der Waals surface area contributed by atoms with Crippen molar-refractivity contribution in [2.75, 3.05) is 7.11 Å². The number of carbonyl (C=O) groups is 1. The van der Waals surface area contributed by atoms with Gasteiger partial charge in [-0.25, -0.2) is 9.37 Å². The summed E-state index contributed by atoms with van der Waals surface area (Å²) >= 11 is 0. The largest absolute Gasteiger partial charge is 0.481 e. The van der Waals surface area contributed by atoms with Gasteiger partial charge in [0.05, 0.1) is 12.7 Å². The van der Waals surface area contributed by atoms with Crippen LogP contribution in [0.1, 0.15) is 28.8 Å². The minimum atomic E-state index is -0.271. The number of rotatable bonds is 5. The second kappa shape index (κ2) is 6.13. The molecule has 1 fully saturated rings. The van der Waals surface area contributed by atoms with E-state index in [0.717, 1.165) is 18.4 Å². The fourth-order valence-electron chi connectivity index (χ4n) is 2.33. The smallest absolute Gasteiger partial charge is 0.255 e. The van der Waals surface area contributed by atoms with Crippen LogP contribution in [-0.4, -0.2) is 28.9 Å². The molecule has 0 unspecified atom stereocenters. The van der Waals surface area contributed by atoms with Gasteiger partial charge in [0.1, 0.15) is 5.82 Å². The van der Waals surface area contributed by atoms with E-state index in [0.29, 0.717) is 18.0 Å². The average molecular weight is 300 g/mol. The van der Waals surface area contributed by atoms with Crippen molar-refractivity contribution in [1.29, 1.82) is 0 Å². The second-order valence-electron chi connectivity index (χ2n) is 5.38. The van der Waals surface area contributed by atoms with Crippen LogP contribution in [0.5, 0.6) is 5.88 Å². The average Bonchev–Trinajstić information content (AvgIpc) is 3.38. The minimum Gasteiger partial charge on any atom is -0.481 e. The first-order chi connectivity index (χ1) is 10.7. The number of carbonyl (C=O) groups excluding carboxylic acids is 1. The Balaban J connectivity index is 1.77. The van der Waals surface area contributed by atoms with Crippen LogP contribution < -0.4 is 4.74 Å². The van der Waals surface area contributed by atoms with Crippen molar-refractivity contribution in [3.05, 3.63) is 59.5 Å². The van der Waals surface area contributed by atoms with Crippen molar-refractivity contribution in [2.24, 2.45) is 0 Å². The first kappa shape index (κ1) is 14.5. The van der Waals surface area contributed by atoms with Crippen LogP contribution in [0.2, 0.25) is 0 Å². The zero-order valence-electron chi connectivity index (χ0n) is 12.3. The summed E-state index contributed by atoms with van der Waals surface area (Å²) in [6.45, 7) is 0.482. The van der Waals surface area contributed by atoms with Gasteiger partial charge in [0.15, 0.2) is 0 Å². The highest BCUT2D eigenvalue weighted by atomic mass is 19.1. The van der Waals surface area contributed by atoms with Gasteiger partial charge in [-0.2, -0.15) is 0 Å². The number of hydrogen-bond acceptors (Lipinski definition) is 3. The van der Waals surface area contributed by atoms with E-state index >= 15 is 0 Å². The van der Waals surface area contributed by atoms with Gasteiger partial charge in [0, 0.05) is 24.8 Å². The Kier molecular flexibility index (Phi) is 4.04. The number of ether oxygens (including phenoxy) is 1. The molecule has 114 valence electrons. The summed E-state index contributed by atoms with van der Waals surface area (Å²) in [7, 11) is 1.54. The molecule has 1 aliphatic carbocycles. The molecule has 0 bridgehead atoms. The van der Waals surface area contributed by atoms with Gasteiger partial charge < -0.3 is 9.64 Å². The molecule has 1 saturated carbocycles. The SMILES string of the molecule is COc1ccc(C(=O)N(Cc2ccc(F)cc2)C2CC2)cn1. The van der Waals surface area contributed by atoms with Crippen molar-refractivity contribution in [3.8, 4) is 5.88 Å². The highest BCUT2D eigenvalue weighted by molar-refractivity contribution is 5.94. The predicted octanol–water partition coefficient (Wildman–Crippen LogP) is 3.03. The Hall–Kier alpha value is -2.43. The van der Waals surface area contributed by atoms with E-state index in [1.807, 2.05) is 4.90 Å². The highest BCUT2D eigenvalue weighted by Crippen LogP contribution is 2.30. The standard InChI is InChI=1S/C17H17FN2O2/c1-22-16-9-4-13(10-19-16)17(21)20(15-7-8-15)11-12-2-5-14(18)6-3-12/h2-6,9-10,15H,7-8,11H2,1H3. The molecule has 0 spiro atoms. The second-order valence-corrected chi connectivity index (χ2v) is 5.38. The van der Waals surface area contributed by atoms with Crippen molar-refractivity contribution in [1.82, 2.24) is 9.88 Å². The molecule has 1 heterocycles. The molecular formula is C17H17FN2O2. The third-order valence-electron chi connectivity index (χ3n) is 3.71. The molecule has 1 aromatic carbocycles. The molecule has 0 aliphatic heterocycles. The van der Waals surface area contributed by atoms with Crippen LogP contribution in [-0.2, 0) is 6.54 Å². The van der Waals surface area contributed by atoms with E-state index in [1.165, 1.54) is 25.4 Å². The quantitative estimate of drug-likeness (QED) is 0.852. The Morgan fingerprint density at radius 2 is 2.00 bits per heavy atom. The van der Waals surface area contributed by atoms with E-state index < -0.39 is 0 Å². The Morgan fingerprint density at radius 3 is 2.55 bits per heavy atom. The summed E-state index contributed by atoms with van der Waals surface area (Å²) in [5, 5.41) is 0. The van der Waals surface area contributed by atoms with Crippen molar-refractivity contribution < 1.29 is 13.9 Å². The van der Waals surface area contributed by atoms with Gasteiger partial charge in [-0.1, -0.05) is 12.1 Å². The highest BCUT2D eigenvalue weighted by Gasteiger charge is 2.33. The van der Waals surface area contributed by atoms with E-state index in [1.54, 1.807) is 24.3 Å². The van der Waals surface area contributed by atoms with E-state index in [4.69, 9.17) is 4.74 Å². The summed E-state index contributed by atoms with van der Waals surface area (Å²) in [6, 6.07) is 9.91. The van der Waals surface area contributed by atoms with Crippen LogP contribution in [0.4, 0.5) is 4.39 Å². The molecule has 1 amide bonds. The van der Waals surface area contributed by atoms with E-state index in [-0.39, 0.29) is 17.8 Å². The number of aromatic nitrogens is 1. The lowest BCUT2D eigenvalue weighted by Crippen LogP contribution is -2.32. The molecular weight excluding hydrogens is 283 g/mol.